The van der Waals surface area contributed by atoms with Crippen LogP contribution < -0.4 is 5.32 Å². The molecule has 1 aromatic heterocycles. The highest BCUT2D eigenvalue weighted by atomic mass is 32.1. The third kappa shape index (κ3) is 4.06. The largest absolute Gasteiger partial charge is 0.462 e. The fourth-order valence-corrected chi connectivity index (χ4v) is 4.76. The zero-order valence-corrected chi connectivity index (χ0v) is 16.6. The van der Waals surface area contributed by atoms with Crippen LogP contribution in [0.25, 0.3) is 0 Å². The van der Waals surface area contributed by atoms with Gasteiger partial charge >= 0.3 is 5.97 Å². The van der Waals surface area contributed by atoms with Crippen molar-refractivity contribution in [3.8, 4) is 0 Å². The number of benzene rings is 1. The second-order valence-corrected chi connectivity index (χ2v) is 7.81. The van der Waals surface area contributed by atoms with Gasteiger partial charge in [-0.3, -0.25) is 14.9 Å². The zero-order chi connectivity index (χ0) is 20.3. The van der Waals surface area contributed by atoms with E-state index in [9.17, 15) is 19.7 Å². The van der Waals surface area contributed by atoms with Gasteiger partial charge in [0.2, 0.25) is 0 Å². The molecule has 0 fully saturated rings. The van der Waals surface area contributed by atoms with E-state index in [0.717, 1.165) is 36.1 Å². The third-order valence-electron chi connectivity index (χ3n) is 4.99. The Morgan fingerprint density at radius 3 is 2.61 bits per heavy atom. The van der Waals surface area contributed by atoms with Crippen LogP contribution in [0.5, 0.6) is 0 Å². The SMILES string of the molecule is CCOC(=O)c1c(NC(=O)c2ccc([N+](=O)[O-])cc2)sc2c1CCC(CC)C2. The molecule has 28 heavy (non-hydrogen) atoms. The minimum Gasteiger partial charge on any atom is -0.462 e. The van der Waals surface area contributed by atoms with E-state index in [1.807, 2.05) is 0 Å². The van der Waals surface area contributed by atoms with E-state index in [1.165, 1.54) is 35.6 Å². The molecule has 0 aliphatic heterocycles. The quantitative estimate of drug-likeness (QED) is 0.432. The van der Waals surface area contributed by atoms with Crippen molar-refractivity contribution in [2.75, 3.05) is 11.9 Å². The summed E-state index contributed by atoms with van der Waals surface area (Å²) < 4.78 is 5.22. The van der Waals surface area contributed by atoms with Crippen LogP contribution in [0.4, 0.5) is 10.7 Å². The lowest BCUT2D eigenvalue weighted by Crippen LogP contribution is -2.17. The molecule has 1 aliphatic rings. The molecule has 1 aromatic carbocycles. The first-order valence-electron chi connectivity index (χ1n) is 9.32. The minimum atomic E-state index is -0.516. The standard InChI is InChI=1S/C20H22N2O5S/c1-3-12-5-10-15-16(11-12)28-19(17(15)20(24)27-4-2)21-18(23)13-6-8-14(9-7-13)22(25)26/h6-9,12H,3-5,10-11H2,1-2H3,(H,21,23). The Labute approximate surface area is 166 Å². The zero-order valence-electron chi connectivity index (χ0n) is 15.8. The van der Waals surface area contributed by atoms with Crippen LogP contribution in [0.2, 0.25) is 0 Å². The molecular formula is C20H22N2O5S. The molecule has 2 aromatic rings. The van der Waals surface area contributed by atoms with Crippen LogP contribution in [-0.2, 0) is 17.6 Å². The van der Waals surface area contributed by atoms with Crippen LogP contribution in [0, 0.1) is 16.0 Å². The summed E-state index contributed by atoms with van der Waals surface area (Å²) in [5.74, 6) is -0.251. The summed E-state index contributed by atoms with van der Waals surface area (Å²) in [6.07, 6.45) is 3.79. The number of non-ortho nitro benzene ring substituents is 1. The van der Waals surface area contributed by atoms with E-state index in [4.69, 9.17) is 4.74 Å². The first-order chi connectivity index (χ1) is 13.4. The number of esters is 1. The molecule has 0 radical (unpaired) electrons. The van der Waals surface area contributed by atoms with Crippen LogP contribution in [0.15, 0.2) is 24.3 Å². The lowest BCUT2D eigenvalue weighted by molar-refractivity contribution is -0.384. The van der Waals surface area contributed by atoms with Gasteiger partial charge in [0.1, 0.15) is 5.00 Å². The predicted octanol–water partition coefficient (Wildman–Crippen LogP) is 4.60. The van der Waals surface area contributed by atoms with Crippen molar-refractivity contribution < 1.29 is 19.2 Å². The van der Waals surface area contributed by atoms with Gasteiger partial charge in [-0.1, -0.05) is 13.3 Å². The summed E-state index contributed by atoms with van der Waals surface area (Å²) in [7, 11) is 0. The maximum absolute atomic E-state index is 12.6. The number of fused-ring (bicyclic) bond motifs is 1. The highest BCUT2D eigenvalue weighted by Crippen LogP contribution is 2.41. The Balaban J connectivity index is 1.90. The van der Waals surface area contributed by atoms with E-state index >= 15 is 0 Å². The molecule has 1 N–H and O–H groups in total. The predicted molar refractivity (Wildman–Crippen MR) is 107 cm³/mol. The van der Waals surface area contributed by atoms with Gasteiger partial charge in [0.15, 0.2) is 0 Å². The Bertz CT molecular complexity index is 904. The monoisotopic (exact) mass is 402 g/mol. The highest BCUT2D eigenvalue weighted by Gasteiger charge is 2.30. The first-order valence-corrected chi connectivity index (χ1v) is 10.1. The lowest BCUT2D eigenvalue weighted by atomic mass is 9.85. The van der Waals surface area contributed by atoms with Crippen molar-refractivity contribution in [3.05, 3.63) is 55.9 Å². The molecule has 148 valence electrons. The summed E-state index contributed by atoms with van der Waals surface area (Å²) in [4.78, 5) is 36.6. The van der Waals surface area contributed by atoms with Crippen molar-refractivity contribution in [3.63, 3.8) is 0 Å². The molecule has 1 unspecified atom stereocenters. The maximum atomic E-state index is 12.6. The minimum absolute atomic E-state index is 0.0824. The number of nitro groups is 1. The van der Waals surface area contributed by atoms with Crippen LogP contribution in [0.3, 0.4) is 0 Å². The van der Waals surface area contributed by atoms with Crippen molar-refractivity contribution in [2.24, 2.45) is 5.92 Å². The Morgan fingerprint density at radius 1 is 1.29 bits per heavy atom. The summed E-state index contributed by atoms with van der Waals surface area (Å²) >= 11 is 1.43. The summed E-state index contributed by atoms with van der Waals surface area (Å²) in [5, 5.41) is 14.1. The highest BCUT2D eigenvalue weighted by molar-refractivity contribution is 7.17. The molecule has 1 amide bonds. The number of thiophene rings is 1. The number of carbonyl (C=O) groups is 2. The second kappa shape index (κ2) is 8.52. The van der Waals surface area contributed by atoms with E-state index < -0.39 is 16.8 Å². The number of hydrogen-bond acceptors (Lipinski definition) is 6. The molecule has 1 aliphatic carbocycles. The molecule has 0 spiro atoms. The van der Waals surface area contributed by atoms with Gasteiger partial charge in [-0.15, -0.1) is 11.3 Å². The molecule has 1 atom stereocenters. The number of nitrogens with zero attached hydrogens (tertiary/aromatic N) is 1. The topological polar surface area (TPSA) is 98.5 Å². The van der Waals surface area contributed by atoms with Crippen LogP contribution in [0.1, 0.15) is 57.8 Å². The van der Waals surface area contributed by atoms with Crippen molar-refractivity contribution in [1.29, 1.82) is 0 Å². The molecule has 1 heterocycles. The number of rotatable bonds is 6. The smallest absolute Gasteiger partial charge is 0.341 e. The molecule has 0 saturated heterocycles. The van der Waals surface area contributed by atoms with Gasteiger partial charge in [-0.05, 0) is 49.8 Å². The van der Waals surface area contributed by atoms with Crippen molar-refractivity contribution in [2.45, 2.75) is 39.5 Å². The van der Waals surface area contributed by atoms with Crippen LogP contribution >= 0.6 is 11.3 Å². The third-order valence-corrected chi connectivity index (χ3v) is 6.16. The van der Waals surface area contributed by atoms with Gasteiger partial charge in [0.25, 0.3) is 11.6 Å². The fraction of sp³-hybridized carbons (Fsp3) is 0.400. The van der Waals surface area contributed by atoms with Gasteiger partial charge in [-0.25, -0.2) is 4.79 Å². The molecule has 0 bridgehead atoms. The van der Waals surface area contributed by atoms with E-state index in [1.54, 1.807) is 6.92 Å². The second-order valence-electron chi connectivity index (χ2n) is 6.70. The number of nitrogens with one attached hydrogen (secondary N) is 1. The summed E-state index contributed by atoms with van der Waals surface area (Å²) in [6, 6.07) is 5.37. The number of nitro benzene ring substituents is 1. The van der Waals surface area contributed by atoms with Crippen LogP contribution in [-0.4, -0.2) is 23.4 Å². The molecular weight excluding hydrogens is 380 g/mol. The number of amides is 1. The van der Waals surface area contributed by atoms with Crippen molar-refractivity contribution >= 4 is 33.9 Å². The maximum Gasteiger partial charge on any atom is 0.341 e. The van der Waals surface area contributed by atoms with Gasteiger partial charge in [0, 0.05) is 22.6 Å². The first kappa shape index (κ1) is 20.0. The molecule has 7 nitrogen and oxygen atoms in total. The van der Waals surface area contributed by atoms with Gasteiger partial charge in [-0.2, -0.15) is 0 Å². The van der Waals surface area contributed by atoms with Gasteiger partial charge in [0.05, 0.1) is 17.1 Å². The molecule has 0 saturated carbocycles. The van der Waals surface area contributed by atoms with E-state index in [0.29, 0.717) is 22.0 Å². The van der Waals surface area contributed by atoms with E-state index in [-0.39, 0.29) is 12.3 Å². The number of anilines is 1. The Kier molecular flexibility index (Phi) is 6.08. The Morgan fingerprint density at radius 2 is 2.00 bits per heavy atom. The van der Waals surface area contributed by atoms with E-state index in [2.05, 4.69) is 12.2 Å². The Hall–Kier alpha value is -2.74. The average molecular weight is 402 g/mol. The number of ether oxygens (including phenoxy) is 1. The lowest BCUT2D eigenvalue weighted by Gasteiger charge is -2.20. The number of carbonyl (C=O) groups excluding carboxylic acids is 2. The number of hydrogen-bond donors (Lipinski definition) is 1. The molecule has 8 heteroatoms. The average Bonchev–Trinajstić information content (AvgIpc) is 3.04. The summed E-state index contributed by atoms with van der Waals surface area (Å²) in [6.45, 7) is 4.17. The normalized spacial score (nSPS) is 15.6. The fourth-order valence-electron chi connectivity index (χ4n) is 3.42. The molecule has 3 rings (SSSR count). The van der Waals surface area contributed by atoms with Gasteiger partial charge < -0.3 is 10.1 Å². The van der Waals surface area contributed by atoms with Crippen molar-refractivity contribution in [1.82, 2.24) is 0 Å². The summed E-state index contributed by atoms with van der Waals surface area (Å²) in [5.41, 5.74) is 1.64.